The lowest BCUT2D eigenvalue weighted by molar-refractivity contribution is -0.125. The smallest absolute Gasteiger partial charge is 0.241 e. The highest BCUT2D eigenvalue weighted by Crippen LogP contribution is 2.28. The van der Waals surface area contributed by atoms with Crippen LogP contribution in [0.25, 0.3) is 0 Å². The van der Waals surface area contributed by atoms with Crippen molar-refractivity contribution >= 4 is 23.3 Å². The van der Waals surface area contributed by atoms with Gasteiger partial charge in [-0.2, -0.15) is 0 Å². The number of anilines is 1. The summed E-state index contributed by atoms with van der Waals surface area (Å²) in [5.41, 5.74) is 5.36. The molecule has 1 aromatic heterocycles. The van der Waals surface area contributed by atoms with Gasteiger partial charge in [-0.25, -0.2) is 9.97 Å². The number of hydrogen-bond donors (Lipinski definition) is 2. The molecule has 0 spiro atoms. The van der Waals surface area contributed by atoms with Crippen molar-refractivity contribution in [1.82, 2.24) is 15.4 Å². The van der Waals surface area contributed by atoms with Crippen molar-refractivity contribution < 1.29 is 4.79 Å². The van der Waals surface area contributed by atoms with Gasteiger partial charge in [0.15, 0.2) is 11.0 Å². The Kier molecular flexibility index (Phi) is 4.36. The Morgan fingerprint density at radius 2 is 1.94 bits per heavy atom. The molecule has 1 heterocycles. The Morgan fingerprint density at radius 3 is 2.61 bits per heavy atom. The number of nitrogens with one attached hydrogen (secondary N) is 2. The number of carbonyl (C=O) groups excluding carboxylic acids is 1. The quantitative estimate of drug-likeness (QED) is 0.826. The van der Waals surface area contributed by atoms with E-state index in [0.717, 1.165) is 31.6 Å². The molecule has 1 aliphatic carbocycles. The lowest BCUT2D eigenvalue weighted by Gasteiger charge is -2.25. The predicted molar refractivity (Wildman–Crippen MR) is 69.9 cm³/mol. The number of hydrogen-bond acceptors (Lipinski definition) is 4. The highest BCUT2D eigenvalue weighted by Gasteiger charge is 2.24. The summed E-state index contributed by atoms with van der Waals surface area (Å²) in [4.78, 5) is 19.8. The first-order valence-electron chi connectivity index (χ1n) is 6.19. The number of carbonyl (C=O) groups is 1. The van der Waals surface area contributed by atoms with Gasteiger partial charge in [-0.3, -0.25) is 15.6 Å². The molecule has 0 aromatic carbocycles. The van der Waals surface area contributed by atoms with Crippen LogP contribution in [0.5, 0.6) is 0 Å². The second-order valence-electron chi connectivity index (χ2n) is 4.77. The molecule has 0 unspecified atom stereocenters. The van der Waals surface area contributed by atoms with Gasteiger partial charge in [-0.1, -0.05) is 18.5 Å². The van der Waals surface area contributed by atoms with Gasteiger partial charge in [0.1, 0.15) is 0 Å². The third kappa shape index (κ3) is 3.32. The van der Waals surface area contributed by atoms with E-state index in [0.29, 0.717) is 5.82 Å². The number of rotatable bonds is 3. The first kappa shape index (κ1) is 13.1. The maximum absolute atomic E-state index is 11.9. The van der Waals surface area contributed by atoms with Crippen LogP contribution in [0.4, 0.5) is 5.82 Å². The average molecular weight is 269 g/mol. The zero-order valence-corrected chi connectivity index (χ0v) is 11.1. The van der Waals surface area contributed by atoms with Crippen LogP contribution in [-0.4, -0.2) is 15.9 Å². The minimum Gasteiger partial charge on any atom is -0.279 e. The maximum Gasteiger partial charge on any atom is 0.241 e. The highest BCUT2D eigenvalue weighted by molar-refractivity contribution is 6.31. The molecule has 1 saturated carbocycles. The summed E-state index contributed by atoms with van der Waals surface area (Å²) in [5, 5.41) is 0.245. The Labute approximate surface area is 111 Å². The van der Waals surface area contributed by atoms with Crippen LogP contribution in [0.15, 0.2) is 12.4 Å². The Hall–Kier alpha value is -1.36. The standard InChI is InChI=1S/C12H17ClN4O/c1-8-2-4-9(5-3-8)12(18)17-16-11-10(13)14-6-7-15-11/h6-9H,2-5H2,1H3,(H,15,16)(H,17,18)/t8-,9-. The van der Waals surface area contributed by atoms with E-state index in [1.165, 1.54) is 12.4 Å². The fraction of sp³-hybridized carbons (Fsp3) is 0.583. The van der Waals surface area contributed by atoms with E-state index in [1.807, 2.05) is 0 Å². The first-order valence-corrected chi connectivity index (χ1v) is 6.57. The lowest BCUT2D eigenvalue weighted by atomic mass is 9.83. The van der Waals surface area contributed by atoms with Gasteiger partial charge in [0.2, 0.25) is 5.91 Å². The molecule has 5 nitrogen and oxygen atoms in total. The largest absolute Gasteiger partial charge is 0.279 e. The van der Waals surface area contributed by atoms with Crippen molar-refractivity contribution in [2.45, 2.75) is 32.6 Å². The second kappa shape index (κ2) is 6.00. The van der Waals surface area contributed by atoms with E-state index in [4.69, 9.17) is 11.6 Å². The fourth-order valence-corrected chi connectivity index (χ4v) is 2.30. The lowest BCUT2D eigenvalue weighted by Crippen LogP contribution is -2.37. The van der Waals surface area contributed by atoms with Crippen LogP contribution in [-0.2, 0) is 4.79 Å². The summed E-state index contributed by atoms with van der Waals surface area (Å²) in [7, 11) is 0. The molecule has 1 aromatic rings. The Morgan fingerprint density at radius 1 is 1.28 bits per heavy atom. The number of amides is 1. The number of halogens is 1. The van der Waals surface area contributed by atoms with Gasteiger partial charge in [-0.05, 0) is 31.6 Å². The van der Waals surface area contributed by atoms with E-state index in [1.54, 1.807) is 0 Å². The van der Waals surface area contributed by atoms with Crippen molar-refractivity contribution in [3.63, 3.8) is 0 Å². The number of nitrogens with zero attached hydrogens (tertiary/aromatic N) is 2. The molecule has 1 aliphatic rings. The molecule has 0 bridgehead atoms. The number of aromatic nitrogens is 2. The molecule has 18 heavy (non-hydrogen) atoms. The van der Waals surface area contributed by atoms with E-state index < -0.39 is 0 Å². The third-order valence-electron chi connectivity index (χ3n) is 3.34. The van der Waals surface area contributed by atoms with Crippen molar-refractivity contribution in [2.75, 3.05) is 5.43 Å². The molecule has 0 saturated heterocycles. The van der Waals surface area contributed by atoms with Crippen LogP contribution in [0, 0.1) is 11.8 Å². The minimum absolute atomic E-state index is 0.00335. The Bertz CT molecular complexity index is 418. The third-order valence-corrected chi connectivity index (χ3v) is 3.62. The summed E-state index contributed by atoms with van der Waals surface area (Å²) < 4.78 is 0. The van der Waals surface area contributed by atoms with Gasteiger partial charge >= 0.3 is 0 Å². The van der Waals surface area contributed by atoms with Crippen molar-refractivity contribution in [1.29, 1.82) is 0 Å². The van der Waals surface area contributed by atoms with Gasteiger partial charge in [-0.15, -0.1) is 0 Å². The topological polar surface area (TPSA) is 66.9 Å². The molecular formula is C12H17ClN4O. The zero-order chi connectivity index (χ0) is 13.0. The van der Waals surface area contributed by atoms with E-state index >= 15 is 0 Å². The highest BCUT2D eigenvalue weighted by atomic mass is 35.5. The summed E-state index contributed by atoms with van der Waals surface area (Å²) in [5.74, 6) is 1.20. The van der Waals surface area contributed by atoms with Crippen molar-refractivity contribution in [3.8, 4) is 0 Å². The zero-order valence-electron chi connectivity index (χ0n) is 10.3. The molecular weight excluding hydrogens is 252 g/mol. The summed E-state index contributed by atoms with van der Waals surface area (Å²) in [6, 6.07) is 0. The monoisotopic (exact) mass is 268 g/mol. The molecule has 98 valence electrons. The van der Waals surface area contributed by atoms with E-state index in [-0.39, 0.29) is 17.0 Å². The van der Waals surface area contributed by atoms with Crippen molar-refractivity contribution in [2.24, 2.45) is 11.8 Å². The van der Waals surface area contributed by atoms with Gasteiger partial charge in [0, 0.05) is 18.3 Å². The second-order valence-corrected chi connectivity index (χ2v) is 5.12. The minimum atomic E-state index is 0.00335. The molecule has 2 N–H and O–H groups in total. The summed E-state index contributed by atoms with van der Waals surface area (Å²) in [6.07, 6.45) is 7.14. The molecule has 2 rings (SSSR count). The number of hydrazine groups is 1. The summed E-state index contributed by atoms with van der Waals surface area (Å²) in [6.45, 7) is 2.23. The normalized spacial score (nSPS) is 23.4. The predicted octanol–water partition coefficient (Wildman–Crippen LogP) is 2.40. The van der Waals surface area contributed by atoms with Crippen LogP contribution in [0.3, 0.4) is 0 Å². The van der Waals surface area contributed by atoms with Crippen LogP contribution < -0.4 is 10.9 Å². The fourth-order valence-electron chi connectivity index (χ4n) is 2.15. The van der Waals surface area contributed by atoms with Crippen LogP contribution in [0.2, 0.25) is 5.15 Å². The molecule has 6 heteroatoms. The van der Waals surface area contributed by atoms with Gasteiger partial charge in [0.25, 0.3) is 0 Å². The van der Waals surface area contributed by atoms with Crippen molar-refractivity contribution in [3.05, 3.63) is 17.5 Å². The Balaban J connectivity index is 1.83. The molecule has 0 atom stereocenters. The van der Waals surface area contributed by atoms with E-state index in [2.05, 4.69) is 27.7 Å². The van der Waals surface area contributed by atoms with Gasteiger partial charge in [0.05, 0.1) is 0 Å². The van der Waals surface area contributed by atoms with Crippen LogP contribution in [0.1, 0.15) is 32.6 Å². The maximum atomic E-state index is 11.9. The molecule has 0 aliphatic heterocycles. The van der Waals surface area contributed by atoms with E-state index in [9.17, 15) is 4.79 Å². The van der Waals surface area contributed by atoms with Gasteiger partial charge < -0.3 is 0 Å². The first-order chi connectivity index (χ1) is 8.66. The SMILES string of the molecule is C[C@H]1CC[C@H](C(=O)NNc2nccnc2Cl)CC1. The molecule has 0 radical (unpaired) electrons. The molecule has 1 fully saturated rings. The summed E-state index contributed by atoms with van der Waals surface area (Å²) >= 11 is 5.83. The molecule has 1 amide bonds. The average Bonchev–Trinajstić information content (AvgIpc) is 2.38. The van der Waals surface area contributed by atoms with Crippen LogP contribution >= 0.6 is 11.6 Å².